The van der Waals surface area contributed by atoms with Crippen molar-refractivity contribution in [3.63, 3.8) is 0 Å². The molecule has 2 aromatic heterocycles. The zero-order valence-electron chi connectivity index (χ0n) is 15.5. The summed E-state index contributed by atoms with van der Waals surface area (Å²) in [7, 11) is 0. The molecule has 0 fully saturated rings. The standard InChI is InChI=1S/C18H13NO/c1-12-9-10-16(19-11-12)15-7-4-6-14-13-5-2-3-8-17(13)20-18(14)15/h2-11H,1H3/i1D3,9D,10D. The molecule has 0 atom stereocenters. The Morgan fingerprint density at radius 3 is 2.90 bits per heavy atom. The Balaban J connectivity index is 2.01. The van der Waals surface area contributed by atoms with E-state index in [4.69, 9.17) is 11.3 Å². The largest absolute Gasteiger partial charge is 0.455 e. The monoisotopic (exact) mass is 264 g/mol. The lowest BCUT2D eigenvalue weighted by Crippen LogP contribution is -1.84. The molecule has 0 amide bonds. The number of nitrogens with zero attached hydrogens (tertiary/aromatic N) is 1. The van der Waals surface area contributed by atoms with Crippen molar-refractivity contribution in [2.24, 2.45) is 0 Å². The van der Waals surface area contributed by atoms with Crippen LogP contribution in [0.1, 0.15) is 12.4 Å². The zero-order chi connectivity index (χ0) is 17.8. The fraction of sp³-hybridized carbons (Fsp3) is 0.0556. The Morgan fingerprint density at radius 1 is 1.05 bits per heavy atom. The van der Waals surface area contributed by atoms with Crippen LogP contribution in [0.4, 0.5) is 0 Å². The number of benzene rings is 2. The number of rotatable bonds is 1. The molecular weight excluding hydrogens is 246 g/mol. The smallest absolute Gasteiger partial charge is 0.144 e. The fourth-order valence-electron chi connectivity index (χ4n) is 2.39. The van der Waals surface area contributed by atoms with Crippen LogP contribution in [0.2, 0.25) is 0 Å². The predicted octanol–water partition coefficient (Wildman–Crippen LogP) is 4.96. The summed E-state index contributed by atoms with van der Waals surface area (Å²) in [5.74, 6) is 0. The lowest BCUT2D eigenvalue weighted by molar-refractivity contribution is 0.670. The van der Waals surface area contributed by atoms with E-state index in [0.717, 1.165) is 22.6 Å². The molecule has 20 heavy (non-hydrogen) atoms. The molecule has 0 N–H and O–H groups in total. The highest BCUT2D eigenvalue weighted by molar-refractivity contribution is 6.09. The van der Waals surface area contributed by atoms with Crippen molar-refractivity contribution in [1.82, 2.24) is 4.98 Å². The summed E-state index contributed by atoms with van der Waals surface area (Å²) >= 11 is 0. The van der Waals surface area contributed by atoms with Gasteiger partial charge in [-0.1, -0.05) is 36.4 Å². The van der Waals surface area contributed by atoms with Crippen LogP contribution >= 0.6 is 0 Å². The summed E-state index contributed by atoms with van der Waals surface area (Å²) in [5, 5.41) is 1.84. The maximum absolute atomic E-state index is 8.22. The second kappa shape index (κ2) is 4.20. The van der Waals surface area contributed by atoms with E-state index in [-0.39, 0.29) is 23.3 Å². The minimum Gasteiger partial charge on any atom is -0.455 e. The number of fused-ring (bicyclic) bond motifs is 3. The van der Waals surface area contributed by atoms with Crippen LogP contribution in [0.15, 0.2) is 65.2 Å². The van der Waals surface area contributed by atoms with Gasteiger partial charge in [-0.05, 0) is 30.6 Å². The predicted molar refractivity (Wildman–Crippen MR) is 81.7 cm³/mol. The number of aryl methyl sites for hydroxylation is 1. The number of hydrogen-bond donors (Lipinski definition) is 0. The molecule has 2 heterocycles. The lowest BCUT2D eigenvalue weighted by atomic mass is 10.1. The third-order valence-electron chi connectivity index (χ3n) is 3.30. The van der Waals surface area contributed by atoms with E-state index >= 15 is 0 Å². The highest BCUT2D eigenvalue weighted by atomic mass is 16.3. The van der Waals surface area contributed by atoms with Gasteiger partial charge >= 0.3 is 0 Å². The van der Waals surface area contributed by atoms with Gasteiger partial charge in [0, 0.05) is 26.6 Å². The molecule has 96 valence electrons. The molecule has 0 aliphatic heterocycles. The summed E-state index contributed by atoms with van der Waals surface area (Å²) in [6, 6.07) is 12.6. The normalized spacial score (nSPS) is 15.5. The Bertz CT molecular complexity index is 1110. The highest BCUT2D eigenvalue weighted by Crippen LogP contribution is 2.34. The van der Waals surface area contributed by atoms with Crippen LogP contribution < -0.4 is 0 Å². The molecule has 0 saturated carbocycles. The zero-order valence-corrected chi connectivity index (χ0v) is 10.5. The lowest BCUT2D eigenvalue weighted by Gasteiger charge is -2.02. The van der Waals surface area contributed by atoms with Crippen molar-refractivity contribution in [1.29, 1.82) is 0 Å². The van der Waals surface area contributed by atoms with E-state index < -0.39 is 6.85 Å². The fourth-order valence-corrected chi connectivity index (χ4v) is 2.39. The summed E-state index contributed by atoms with van der Waals surface area (Å²) in [6.45, 7) is -2.47. The second-order valence-corrected chi connectivity index (χ2v) is 4.55. The Hall–Kier alpha value is -2.61. The minimum atomic E-state index is -2.47. The van der Waals surface area contributed by atoms with Gasteiger partial charge in [0.1, 0.15) is 11.2 Å². The molecule has 2 nitrogen and oxygen atoms in total. The van der Waals surface area contributed by atoms with Crippen LogP contribution in [0.3, 0.4) is 0 Å². The first-order valence-electron chi connectivity index (χ1n) is 8.75. The van der Waals surface area contributed by atoms with Crippen LogP contribution in [0, 0.1) is 6.85 Å². The number of aromatic nitrogens is 1. The Kier molecular flexibility index (Phi) is 1.52. The molecule has 2 aromatic carbocycles. The van der Waals surface area contributed by atoms with Gasteiger partial charge < -0.3 is 4.42 Å². The van der Waals surface area contributed by atoms with Crippen molar-refractivity contribution >= 4 is 21.9 Å². The maximum Gasteiger partial charge on any atom is 0.144 e. The number of pyridine rings is 1. The highest BCUT2D eigenvalue weighted by Gasteiger charge is 2.11. The minimum absolute atomic E-state index is 0.221. The molecule has 0 unspecified atom stereocenters. The first-order valence-corrected chi connectivity index (χ1v) is 6.25. The summed E-state index contributed by atoms with van der Waals surface area (Å²) < 4.78 is 44.6. The van der Waals surface area contributed by atoms with E-state index in [9.17, 15) is 0 Å². The molecule has 0 bridgehead atoms. The molecule has 0 aliphatic carbocycles. The second-order valence-electron chi connectivity index (χ2n) is 4.55. The van der Waals surface area contributed by atoms with Crippen LogP contribution in [-0.4, -0.2) is 4.98 Å². The molecule has 0 aliphatic rings. The van der Waals surface area contributed by atoms with E-state index in [0.29, 0.717) is 11.1 Å². The van der Waals surface area contributed by atoms with Crippen LogP contribution in [0.5, 0.6) is 0 Å². The molecule has 4 aromatic rings. The number of hydrogen-bond acceptors (Lipinski definition) is 2. The summed E-state index contributed by atoms with van der Waals surface area (Å²) in [6.07, 6.45) is 1.16. The van der Waals surface area contributed by atoms with Gasteiger partial charge in [-0.2, -0.15) is 0 Å². The molecule has 0 spiro atoms. The third-order valence-corrected chi connectivity index (χ3v) is 3.30. The van der Waals surface area contributed by atoms with Gasteiger partial charge in [0.15, 0.2) is 0 Å². The van der Waals surface area contributed by atoms with Crippen molar-refractivity contribution in [3.8, 4) is 11.3 Å². The molecule has 4 rings (SSSR count). The van der Waals surface area contributed by atoms with Gasteiger partial charge in [-0.3, -0.25) is 4.98 Å². The quantitative estimate of drug-likeness (QED) is 0.486. The third kappa shape index (κ3) is 1.62. The average Bonchev–Trinajstić information content (AvgIpc) is 2.95. The van der Waals surface area contributed by atoms with Crippen molar-refractivity contribution < 1.29 is 11.3 Å². The average molecular weight is 264 g/mol. The maximum atomic E-state index is 8.22. The number of furan rings is 1. The van der Waals surface area contributed by atoms with E-state index in [1.807, 2.05) is 36.4 Å². The molecular formula is C18H13NO. The van der Waals surface area contributed by atoms with Crippen molar-refractivity contribution in [2.75, 3.05) is 0 Å². The van der Waals surface area contributed by atoms with Gasteiger partial charge in [-0.25, -0.2) is 0 Å². The molecule has 2 heteroatoms. The first-order chi connectivity index (χ1) is 11.9. The topological polar surface area (TPSA) is 26.0 Å². The van der Waals surface area contributed by atoms with Gasteiger partial charge in [0.05, 0.1) is 8.44 Å². The van der Waals surface area contributed by atoms with E-state index in [2.05, 4.69) is 4.98 Å². The van der Waals surface area contributed by atoms with E-state index in [1.165, 1.54) is 0 Å². The first kappa shape index (κ1) is 7.25. The van der Waals surface area contributed by atoms with Crippen LogP contribution in [0.25, 0.3) is 33.2 Å². The Labute approximate surface area is 123 Å². The van der Waals surface area contributed by atoms with Crippen LogP contribution in [-0.2, 0) is 0 Å². The molecule has 0 saturated heterocycles. The van der Waals surface area contributed by atoms with E-state index in [1.54, 1.807) is 6.07 Å². The van der Waals surface area contributed by atoms with Crippen molar-refractivity contribution in [3.05, 3.63) is 66.3 Å². The van der Waals surface area contributed by atoms with Crippen molar-refractivity contribution in [2.45, 2.75) is 6.85 Å². The molecule has 0 radical (unpaired) electrons. The SMILES string of the molecule is [2H]c1c(C([2H])([2H])[2H])cnc(-c2cccc3c2oc2ccccc23)c1[2H]. The van der Waals surface area contributed by atoms with Gasteiger partial charge in [-0.15, -0.1) is 0 Å². The number of para-hydroxylation sites is 2. The summed E-state index contributed by atoms with van der Waals surface area (Å²) in [4.78, 5) is 4.17. The van der Waals surface area contributed by atoms with Gasteiger partial charge in [0.25, 0.3) is 0 Å². The summed E-state index contributed by atoms with van der Waals surface area (Å²) in [5.41, 5.74) is 1.89. The Morgan fingerprint density at radius 2 is 1.95 bits per heavy atom. The van der Waals surface area contributed by atoms with Gasteiger partial charge in [0.2, 0.25) is 0 Å².